The van der Waals surface area contributed by atoms with Crippen molar-refractivity contribution in [2.75, 3.05) is 4.31 Å². The van der Waals surface area contributed by atoms with E-state index in [2.05, 4.69) is 0 Å². The van der Waals surface area contributed by atoms with Crippen molar-refractivity contribution in [2.24, 2.45) is 0 Å². The first-order valence-corrected chi connectivity index (χ1v) is 5.97. The zero-order valence-corrected chi connectivity index (χ0v) is 9.26. The molecule has 2 N–H and O–H groups in total. The van der Waals surface area contributed by atoms with Crippen molar-refractivity contribution in [1.82, 2.24) is 0 Å². The van der Waals surface area contributed by atoms with E-state index in [1.807, 2.05) is 0 Å². The summed E-state index contributed by atoms with van der Waals surface area (Å²) in [5.74, 6) is 0. The van der Waals surface area contributed by atoms with Gasteiger partial charge in [-0.3, -0.25) is 8.51 Å². The van der Waals surface area contributed by atoms with E-state index >= 15 is 0 Å². The molecular weight excluding hydrogens is 229 g/mol. The van der Waals surface area contributed by atoms with Crippen LogP contribution in [0, 0.1) is 0 Å². The Morgan fingerprint density at radius 1 is 1.31 bits per heavy atom. The predicted octanol–water partition coefficient (Wildman–Crippen LogP) is -0.871. The van der Waals surface area contributed by atoms with Crippen LogP contribution in [0.5, 0.6) is 0 Å². The molecule has 0 bridgehead atoms. The lowest BCUT2D eigenvalue weighted by Gasteiger charge is -2.26. The largest absolute Gasteiger partial charge is 0.755 e. The Balaban J connectivity index is 2.22. The minimum absolute atomic E-state index is 0.0585. The Bertz CT molecular complexity index is 393. The van der Waals surface area contributed by atoms with Gasteiger partial charge in [0.25, 0.3) is 0 Å². The molecule has 16 heavy (non-hydrogen) atoms. The number of rotatable bonds is 4. The molecule has 0 radical (unpaired) electrons. The van der Waals surface area contributed by atoms with E-state index < -0.39 is 18.4 Å². The van der Waals surface area contributed by atoms with Crippen LogP contribution in [-0.2, 0) is 11.3 Å². The van der Waals surface area contributed by atoms with Gasteiger partial charge in [-0.25, -0.2) is 0 Å². The van der Waals surface area contributed by atoms with Gasteiger partial charge in [0.1, 0.15) is 0 Å². The van der Waals surface area contributed by atoms with Crippen LogP contribution in [0.15, 0.2) is 24.3 Å². The fraction of sp³-hybridized carbons (Fsp3) is 0.333. The van der Waals surface area contributed by atoms with Gasteiger partial charge in [0, 0.05) is 23.0 Å². The van der Waals surface area contributed by atoms with Crippen LogP contribution in [0.4, 0.5) is 5.69 Å². The molecule has 0 spiro atoms. The van der Waals surface area contributed by atoms with Gasteiger partial charge >= 0.3 is 7.12 Å². The van der Waals surface area contributed by atoms with Gasteiger partial charge in [0.15, 0.2) is 0 Å². The standard InChI is InChI=1S/C9H12BNO4S/c12-10(13)7-1-3-8(4-2-7)11(16(14)15)9-5-6-9/h1-4,9,12-13H,5-6H2,(H,14,15)/p-1. The zero-order valence-electron chi connectivity index (χ0n) is 8.44. The van der Waals surface area contributed by atoms with Crippen LogP contribution in [0.2, 0.25) is 0 Å². The maximum absolute atomic E-state index is 11.0. The summed E-state index contributed by atoms with van der Waals surface area (Å²) in [4.78, 5) is 0. The first-order chi connectivity index (χ1) is 7.59. The number of nitrogens with zero attached hydrogens (tertiary/aromatic N) is 1. The number of hydrogen-bond donors (Lipinski definition) is 2. The third kappa shape index (κ3) is 2.44. The summed E-state index contributed by atoms with van der Waals surface area (Å²) in [6.45, 7) is 0. The predicted molar refractivity (Wildman–Crippen MR) is 60.7 cm³/mol. The first kappa shape index (κ1) is 11.6. The molecule has 1 fully saturated rings. The molecule has 1 aliphatic carbocycles. The summed E-state index contributed by atoms with van der Waals surface area (Å²) < 4.78 is 23.4. The maximum Gasteiger partial charge on any atom is 0.488 e. The van der Waals surface area contributed by atoms with E-state index in [-0.39, 0.29) is 6.04 Å². The Labute approximate surface area is 96.3 Å². The molecule has 7 heteroatoms. The summed E-state index contributed by atoms with van der Waals surface area (Å²) >= 11 is -2.28. The van der Waals surface area contributed by atoms with Gasteiger partial charge in [-0.1, -0.05) is 12.1 Å². The van der Waals surface area contributed by atoms with Gasteiger partial charge in [-0.2, -0.15) is 0 Å². The van der Waals surface area contributed by atoms with Gasteiger partial charge in [-0.15, -0.1) is 0 Å². The highest BCUT2D eigenvalue weighted by Crippen LogP contribution is 2.32. The lowest BCUT2D eigenvalue weighted by molar-refractivity contribution is 0.426. The summed E-state index contributed by atoms with van der Waals surface area (Å²) in [6.07, 6.45) is 1.75. The Kier molecular flexibility index (Phi) is 3.29. The molecular formula is C9H11BNO4S-. The smallest absolute Gasteiger partial charge is 0.488 e. The number of anilines is 1. The molecule has 86 valence electrons. The molecule has 1 saturated carbocycles. The van der Waals surface area contributed by atoms with Crippen molar-refractivity contribution in [1.29, 1.82) is 0 Å². The second kappa shape index (κ2) is 4.54. The Hall–Kier alpha value is -0.885. The molecule has 5 nitrogen and oxygen atoms in total. The summed E-state index contributed by atoms with van der Waals surface area (Å²) in [5, 5.41) is 17.8. The minimum atomic E-state index is -2.28. The number of hydrogen-bond acceptors (Lipinski definition) is 4. The van der Waals surface area contributed by atoms with E-state index in [1.54, 1.807) is 12.1 Å². The topological polar surface area (TPSA) is 83.8 Å². The third-order valence-corrected chi connectivity index (χ3v) is 3.31. The van der Waals surface area contributed by atoms with Crippen molar-refractivity contribution >= 4 is 29.5 Å². The fourth-order valence-corrected chi connectivity index (χ4v) is 2.27. The van der Waals surface area contributed by atoms with Crippen molar-refractivity contribution in [2.45, 2.75) is 18.9 Å². The van der Waals surface area contributed by atoms with Crippen molar-refractivity contribution in [3.63, 3.8) is 0 Å². The average molecular weight is 240 g/mol. The van der Waals surface area contributed by atoms with Crippen molar-refractivity contribution < 1.29 is 18.8 Å². The van der Waals surface area contributed by atoms with E-state index in [1.165, 1.54) is 16.4 Å². The molecule has 0 heterocycles. The lowest BCUT2D eigenvalue weighted by Crippen LogP contribution is -2.31. The molecule has 1 atom stereocenters. The molecule has 0 aliphatic heterocycles. The van der Waals surface area contributed by atoms with Crippen LogP contribution in [0.1, 0.15) is 12.8 Å². The van der Waals surface area contributed by atoms with Crippen LogP contribution in [0.25, 0.3) is 0 Å². The SMILES string of the molecule is O=S([O-])N(c1ccc(B(O)O)cc1)C1CC1. The van der Waals surface area contributed by atoms with E-state index in [9.17, 15) is 8.76 Å². The Morgan fingerprint density at radius 3 is 2.25 bits per heavy atom. The average Bonchev–Trinajstić information content (AvgIpc) is 3.02. The summed E-state index contributed by atoms with van der Waals surface area (Å²) in [6, 6.07) is 6.21. The molecule has 1 aliphatic rings. The van der Waals surface area contributed by atoms with E-state index in [0.29, 0.717) is 11.2 Å². The van der Waals surface area contributed by atoms with Crippen LogP contribution < -0.4 is 9.77 Å². The van der Waals surface area contributed by atoms with Gasteiger partial charge < -0.3 is 14.6 Å². The highest BCUT2D eigenvalue weighted by molar-refractivity contribution is 7.80. The summed E-state index contributed by atoms with van der Waals surface area (Å²) in [5.41, 5.74) is 0.899. The molecule has 0 amide bonds. The third-order valence-electron chi connectivity index (χ3n) is 2.48. The maximum atomic E-state index is 11.0. The van der Waals surface area contributed by atoms with Gasteiger partial charge in [-0.05, 0) is 30.4 Å². The molecule has 2 rings (SSSR count). The minimum Gasteiger partial charge on any atom is -0.755 e. The van der Waals surface area contributed by atoms with Gasteiger partial charge in [0.2, 0.25) is 0 Å². The Morgan fingerprint density at radius 2 is 1.88 bits per heavy atom. The monoisotopic (exact) mass is 240 g/mol. The molecule has 1 aromatic carbocycles. The highest BCUT2D eigenvalue weighted by atomic mass is 32.2. The second-order valence-electron chi connectivity index (χ2n) is 3.74. The second-order valence-corrected chi connectivity index (χ2v) is 4.57. The van der Waals surface area contributed by atoms with Crippen LogP contribution in [0.3, 0.4) is 0 Å². The lowest BCUT2D eigenvalue weighted by atomic mass is 9.80. The van der Waals surface area contributed by atoms with Gasteiger partial charge in [0.05, 0.1) is 0 Å². The molecule has 0 saturated heterocycles. The van der Waals surface area contributed by atoms with Crippen LogP contribution >= 0.6 is 0 Å². The molecule has 1 unspecified atom stereocenters. The van der Waals surface area contributed by atoms with E-state index in [0.717, 1.165) is 12.8 Å². The number of benzene rings is 1. The van der Waals surface area contributed by atoms with Crippen molar-refractivity contribution in [3.8, 4) is 0 Å². The van der Waals surface area contributed by atoms with Crippen LogP contribution in [-0.4, -0.2) is 32.0 Å². The summed E-state index contributed by atoms with van der Waals surface area (Å²) in [7, 11) is -1.53. The molecule has 0 aromatic heterocycles. The molecule has 1 aromatic rings. The first-order valence-electron chi connectivity index (χ1n) is 4.94. The van der Waals surface area contributed by atoms with E-state index in [4.69, 9.17) is 10.0 Å². The van der Waals surface area contributed by atoms with Crippen molar-refractivity contribution in [3.05, 3.63) is 24.3 Å². The fourth-order valence-electron chi connectivity index (χ4n) is 1.52. The highest BCUT2D eigenvalue weighted by Gasteiger charge is 2.30. The normalized spacial score (nSPS) is 16.9. The zero-order chi connectivity index (χ0) is 11.7. The quantitative estimate of drug-likeness (QED) is 0.529.